The van der Waals surface area contributed by atoms with E-state index in [0.29, 0.717) is 0 Å². The third kappa shape index (κ3) is 4.34. The zero-order valence-corrected chi connectivity index (χ0v) is 24.7. The molecule has 40 heavy (non-hydrogen) atoms. The van der Waals surface area contributed by atoms with Crippen LogP contribution in [0.4, 0.5) is 0 Å². The van der Waals surface area contributed by atoms with Crippen molar-refractivity contribution in [3.8, 4) is 11.4 Å². The Balaban J connectivity index is 0.000000132. The van der Waals surface area contributed by atoms with Crippen molar-refractivity contribution in [2.24, 2.45) is 0 Å². The van der Waals surface area contributed by atoms with Gasteiger partial charge in [0.05, 0.1) is 22.1 Å². The van der Waals surface area contributed by atoms with Crippen LogP contribution in [0.3, 0.4) is 0 Å². The molecule has 2 heterocycles. The van der Waals surface area contributed by atoms with Crippen molar-refractivity contribution in [1.29, 1.82) is 0 Å². The summed E-state index contributed by atoms with van der Waals surface area (Å²) >= 11 is 7.00. The van der Waals surface area contributed by atoms with E-state index in [9.17, 15) is 0 Å². The average molecular weight is 644 g/mol. The molecule has 0 bridgehead atoms. The molecule has 0 N–H and O–H groups in total. The van der Waals surface area contributed by atoms with E-state index in [2.05, 4.69) is 187 Å². The van der Waals surface area contributed by atoms with Crippen LogP contribution in [0.2, 0.25) is 0 Å². The molecule has 0 unspecified atom stereocenters. The topological polar surface area (TPSA) is 9.86 Å². The highest BCUT2D eigenvalue weighted by Gasteiger charge is 2.12. The largest absolute Gasteiger partial charge is 0.309 e. The van der Waals surface area contributed by atoms with Crippen LogP contribution in [-0.2, 0) is 0 Å². The summed E-state index contributed by atoms with van der Waals surface area (Å²) in [5.41, 5.74) is 7.36. The van der Waals surface area contributed by atoms with Gasteiger partial charge in [0.25, 0.3) is 0 Å². The third-order valence-electron chi connectivity index (χ3n) is 7.33. The number of hydrogen-bond acceptors (Lipinski definition) is 0. The van der Waals surface area contributed by atoms with Crippen LogP contribution in [0.15, 0.2) is 155 Å². The van der Waals surface area contributed by atoms with E-state index in [-0.39, 0.29) is 0 Å². The predicted molar refractivity (Wildman–Crippen MR) is 177 cm³/mol. The molecule has 0 radical (unpaired) electrons. The van der Waals surface area contributed by atoms with Crippen LogP contribution in [-0.4, -0.2) is 9.13 Å². The monoisotopic (exact) mass is 642 g/mol. The van der Waals surface area contributed by atoms with E-state index in [1.54, 1.807) is 0 Å². The van der Waals surface area contributed by atoms with Gasteiger partial charge in [-0.3, -0.25) is 0 Å². The van der Waals surface area contributed by atoms with Crippen LogP contribution < -0.4 is 0 Å². The number of para-hydroxylation sites is 4. The lowest BCUT2D eigenvalue weighted by atomic mass is 10.2. The maximum absolute atomic E-state index is 3.50. The first-order valence-electron chi connectivity index (χ1n) is 13.2. The van der Waals surface area contributed by atoms with E-state index in [1.165, 1.54) is 55.0 Å². The molecule has 0 spiro atoms. The molecule has 0 atom stereocenters. The van der Waals surface area contributed by atoms with Gasteiger partial charge >= 0.3 is 0 Å². The summed E-state index contributed by atoms with van der Waals surface area (Å²) in [6, 6.07) is 51.1. The van der Waals surface area contributed by atoms with Gasteiger partial charge in [-0.05, 0) is 72.8 Å². The minimum Gasteiger partial charge on any atom is -0.309 e. The molecule has 8 rings (SSSR count). The summed E-state index contributed by atoms with van der Waals surface area (Å²) in [6.07, 6.45) is 0. The highest BCUT2D eigenvalue weighted by atomic mass is 79.9. The predicted octanol–water partition coefficient (Wildman–Crippen LogP) is 11.1. The molecule has 4 heteroatoms. The maximum atomic E-state index is 3.50. The standard InChI is InChI=1S/2C18H12BrN/c2*19-13-9-11-14(12-10-13)20-17-7-3-1-5-15(17)16-6-2-4-8-18(16)20/h2*1-12H. The number of benzene rings is 6. The van der Waals surface area contributed by atoms with Crippen LogP contribution in [0.25, 0.3) is 55.0 Å². The lowest BCUT2D eigenvalue weighted by Gasteiger charge is -2.07. The summed E-state index contributed by atoms with van der Waals surface area (Å²) < 4.78 is 6.83. The SMILES string of the molecule is Brc1ccc(-n2c3ccccc3c3ccccc32)cc1.Brc1ccc(-n2c3ccccc3c3ccccc32)cc1. The van der Waals surface area contributed by atoms with E-state index in [4.69, 9.17) is 0 Å². The quantitative estimate of drug-likeness (QED) is 0.177. The van der Waals surface area contributed by atoms with Crippen molar-refractivity contribution >= 4 is 75.5 Å². The van der Waals surface area contributed by atoms with E-state index < -0.39 is 0 Å². The number of aromatic nitrogens is 2. The van der Waals surface area contributed by atoms with Crippen molar-refractivity contribution in [2.75, 3.05) is 0 Å². The van der Waals surface area contributed by atoms with Crippen molar-refractivity contribution in [3.05, 3.63) is 155 Å². The highest BCUT2D eigenvalue weighted by Crippen LogP contribution is 2.33. The first-order chi connectivity index (χ1) is 19.7. The number of halogens is 2. The lowest BCUT2D eigenvalue weighted by Crippen LogP contribution is -1.92. The molecule has 8 aromatic rings. The summed E-state index contributed by atoms with van der Waals surface area (Å²) in [5, 5.41) is 5.19. The molecule has 0 saturated carbocycles. The molecule has 0 amide bonds. The Bertz CT molecular complexity index is 1860. The molecule has 2 nitrogen and oxygen atoms in total. The Kier molecular flexibility index (Phi) is 6.51. The third-order valence-corrected chi connectivity index (χ3v) is 8.39. The molecule has 2 aromatic heterocycles. The molecule has 0 aliphatic rings. The molecule has 6 aromatic carbocycles. The van der Waals surface area contributed by atoms with Gasteiger partial charge in [0.15, 0.2) is 0 Å². The van der Waals surface area contributed by atoms with E-state index in [1.807, 2.05) is 0 Å². The maximum Gasteiger partial charge on any atom is 0.0541 e. The van der Waals surface area contributed by atoms with Crippen molar-refractivity contribution in [3.63, 3.8) is 0 Å². The first kappa shape index (κ1) is 24.9. The highest BCUT2D eigenvalue weighted by molar-refractivity contribution is 9.10. The first-order valence-corrected chi connectivity index (χ1v) is 14.8. The second kappa shape index (κ2) is 10.5. The minimum absolute atomic E-state index is 1.10. The molecule has 0 saturated heterocycles. The second-order valence-electron chi connectivity index (χ2n) is 9.69. The smallest absolute Gasteiger partial charge is 0.0541 e. The van der Waals surface area contributed by atoms with E-state index in [0.717, 1.165) is 8.95 Å². The van der Waals surface area contributed by atoms with Crippen molar-refractivity contribution in [1.82, 2.24) is 9.13 Å². The summed E-state index contributed by atoms with van der Waals surface area (Å²) in [6.45, 7) is 0. The Morgan fingerprint density at radius 3 is 0.825 bits per heavy atom. The normalized spacial score (nSPS) is 11.2. The fraction of sp³-hybridized carbons (Fsp3) is 0. The average Bonchev–Trinajstić information content (AvgIpc) is 3.52. The van der Waals surface area contributed by atoms with Crippen molar-refractivity contribution in [2.45, 2.75) is 0 Å². The molecule has 0 fully saturated rings. The minimum atomic E-state index is 1.10. The van der Waals surface area contributed by atoms with Crippen LogP contribution in [0.1, 0.15) is 0 Å². The Morgan fingerprint density at radius 2 is 0.550 bits per heavy atom. The fourth-order valence-electron chi connectivity index (χ4n) is 5.58. The second-order valence-corrected chi connectivity index (χ2v) is 11.5. The Labute approximate surface area is 249 Å². The molecule has 192 valence electrons. The van der Waals surface area contributed by atoms with Gasteiger partial charge in [0.2, 0.25) is 0 Å². The zero-order chi connectivity index (χ0) is 27.1. The summed E-state index contributed by atoms with van der Waals surface area (Å²) in [4.78, 5) is 0. The number of fused-ring (bicyclic) bond motifs is 6. The summed E-state index contributed by atoms with van der Waals surface area (Å²) in [7, 11) is 0. The van der Waals surface area contributed by atoms with Gasteiger partial charge in [-0.1, -0.05) is 105 Å². The number of hydrogen-bond donors (Lipinski definition) is 0. The van der Waals surface area contributed by atoms with Crippen LogP contribution in [0.5, 0.6) is 0 Å². The van der Waals surface area contributed by atoms with Crippen LogP contribution >= 0.6 is 31.9 Å². The lowest BCUT2D eigenvalue weighted by molar-refractivity contribution is 1.18. The van der Waals surface area contributed by atoms with Gasteiger partial charge in [-0.25, -0.2) is 0 Å². The van der Waals surface area contributed by atoms with Gasteiger partial charge in [-0.2, -0.15) is 0 Å². The molecule has 0 aliphatic carbocycles. The Morgan fingerprint density at radius 1 is 0.300 bits per heavy atom. The van der Waals surface area contributed by atoms with Gasteiger partial charge in [0, 0.05) is 41.9 Å². The zero-order valence-electron chi connectivity index (χ0n) is 21.5. The Hall–Kier alpha value is -4.12. The van der Waals surface area contributed by atoms with Crippen LogP contribution in [0, 0.1) is 0 Å². The van der Waals surface area contributed by atoms with Gasteiger partial charge < -0.3 is 9.13 Å². The summed E-state index contributed by atoms with van der Waals surface area (Å²) in [5.74, 6) is 0. The molecular formula is C36H24Br2N2. The fourth-order valence-corrected chi connectivity index (χ4v) is 6.11. The van der Waals surface area contributed by atoms with Gasteiger partial charge in [-0.15, -0.1) is 0 Å². The number of rotatable bonds is 2. The van der Waals surface area contributed by atoms with Crippen molar-refractivity contribution < 1.29 is 0 Å². The molecular weight excluding hydrogens is 620 g/mol. The molecule has 0 aliphatic heterocycles. The van der Waals surface area contributed by atoms with E-state index >= 15 is 0 Å². The number of nitrogens with zero attached hydrogens (tertiary/aromatic N) is 2. The van der Waals surface area contributed by atoms with Gasteiger partial charge in [0.1, 0.15) is 0 Å².